The van der Waals surface area contributed by atoms with E-state index in [0.29, 0.717) is 36.5 Å². The predicted molar refractivity (Wildman–Crippen MR) is 148 cm³/mol. The number of carbonyl (C=O) groups is 3. The van der Waals surface area contributed by atoms with E-state index in [4.69, 9.17) is 23.4 Å². The fourth-order valence-electron chi connectivity index (χ4n) is 4.33. The van der Waals surface area contributed by atoms with Gasteiger partial charge in [-0.1, -0.05) is 33.1 Å². The molecule has 0 unspecified atom stereocenters. The van der Waals surface area contributed by atoms with Gasteiger partial charge in [-0.2, -0.15) is 0 Å². The van der Waals surface area contributed by atoms with Crippen LogP contribution in [-0.4, -0.2) is 50.4 Å². The Morgan fingerprint density at radius 1 is 0.975 bits per heavy atom. The molecule has 0 aliphatic rings. The molecular formula is C27H40N3O9P. The third-order valence-electron chi connectivity index (χ3n) is 6.45. The van der Waals surface area contributed by atoms with Crippen molar-refractivity contribution in [2.75, 3.05) is 27.5 Å². The fraction of sp³-hybridized carbons (Fsp3) is 0.519. The molecule has 40 heavy (non-hydrogen) atoms. The Balaban J connectivity index is 2.13. The molecule has 0 saturated carbocycles. The van der Waals surface area contributed by atoms with E-state index in [2.05, 4.69) is 10.6 Å². The number of unbranched alkanes of at least 4 members (excludes halogenated alkanes) is 2. The second kappa shape index (κ2) is 16.2. The number of hydrogen-bond donors (Lipinski definition) is 4. The maximum absolute atomic E-state index is 13.0. The highest BCUT2D eigenvalue weighted by molar-refractivity contribution is 7.62. The van der Waals surface area contributed by atoms with Gasteiger partial charge in [-0.3, -0.25) is 24.2 Å². The minimum atomic E-state index is -3.58. The second-order valence-electron chi connectivity index (χ2n) is 8.99. The summed E-state index contributed by atoms with van der Waals surface area (Å²) < 4.78 is 34.5. The number of rotatable bonds is 17. The van der Waals surface area contributed by atoms with Gasteiger partial charge in [0.2, 0.25) is 11.8 Å². The molecule has 3 amide bonds. The Hall–Kier alpha value is -3.18. The summed E-state index contributed by atoms with van der Waals surface area (Å²) in [7, 11) is -1.02. The van der Waals surface area contributed by atoms with Crippen molar-refractivity contribution in [2.45, 2.75) is 52.9 Å². The van der Waals surface area contributed by atoms with Gasteiger partial charge in [0.15, 0.2) is 5.76 Å². The highest BCUT2D eigenvalue weighted by Gasteiger charge is 2.32. The maximum atomic E-state index is 13.0. The van der Waals surface area contributed by atoms with E-state index >= 15 is 0 Å². The number of amides is 3. The SMILES string of the molecule is CCCCC[C@@H](C(=O)NCNC(=O)c1ccc(-c2cc(OCC)cc(P(=O)(OC)OC)c2)o1)[C@@H](CC)C(=O)NO. The van der Waals surface area contributed by atoms with E-state index in [1.165, 1.54) is 20.3 Å². The van der Waals surface area contributed by atoms with Gasteiger partial charge in [0.05, 0.1) is 24.5 Å². The van der Waals surface area contributed by atoms with Crippen LogP contribution in [0, 0.1) is 11.8 Å². The van der Waals surface area contributed by atoms with E-state index in [0.717, 1.165) is 19.3 Å². The lowest BCUT2D eigenvalue weighted by Gasteiger charge is -2.24. The van der Waals surface area contributed by atoms with Gasteiger partial charge >= 0.3 is 7.60 Å². The molecule has 2 aromatic rings. The van der Waals surface area contributed by atoms with Crippen LogP contribution >= 0.6 is 7.60 Å². The van der Waals surface area contributed by atoms with Crippen molar-refractivity contribution in [1.29, 1.82) is 0 Å². The van der Waals surface area contributed by atoms with Crippen molar-refractivity contribution < 1.29 is 42.4 Å². The molecule has 0 aliphatic heterocycles. The predicted octanol–water partition coefficient (Wildman–Crippen LogP) is 3.99. The highest BCUT2D eigenvalue weighted by Crippen LogP contribution is 2.46. The first kappa shape index (κ1) is 33.0. The maximum Gasteiger partial charge on any atom is 0.360 e. The molecule has 0 fully saturated rings. The lowest BCUT2D eigenvalue weighted by atomic mass is 9.84. The summed E-state index contributed by atoms with van der Waals surface area (Å²) in [4.78, 5) is 37.7. The zero-order valence-electron chi connectivity index (χ0n) is 23.7. The van der Waals surface area contributed by atoms with Gasteiger partial charge in [0.25, 0.3) is 5.91 Å². The molecule has 0 bridgehead atoms. The molecule has 13 heteroatoms. The van der Waals surface area contributed by atoms with E-state index in [-0.39, 0.29) is 17.7 Å². The molecule has 0 saturated heterocycles. The van der Waals surface area contributed by atoms with Gasteiger partial charge in [-0.15, -0.1) is 0 Å². The standard InChI is InChI=1S/C27H40N3O9P/c1-6-9-10-11-22(21(7-2)26(32)30-34)25(31)28-17-29-27(33)24-13-12-23(39-24)18-14-19(38-8-3)16-20(15-18)40(35,36-4)37-5/h12-16,21-22,34H,6-11,17H2,1-5H3,(H,28,31)(H,29,33)(H,30,32)/t21-,22-/m1/s1. The number of hydroxylamine groups is 1. The molecule has 0 aliphatic carbocycles. The highest BCUT2D eigenvalue weighted by atomic mass is 31.2. The first-order valence-corrected chi connectivity index (χ1v) is 14.8. The van der Waals surface area contributed by atoms with Crippen LogP contribution in [-0.2, 0) is 23.2 Å². The molecule has 222 valence electrons. The number of benzene rings is 1. The first-order valence-electron chi connectivity index (χ1n) is 13.3. The fourth-order valence-corrected chi connectivity index (χ4v) is 5.48. The monoisotopic (exact) mass is 581 g/mol. The van der Waals surface area contributed by atoms with Crippen molar-refractivity contribution in [2.24, 2.45) is 11.8 Å². The quantitative estimate of drug-likeness (QED) is 0.0710. The van der Waals surface area contributed by atoms with E-state index in [1.54, 1.807) is 36.7 Å². The van der Waals surface area contributed by atoms with Crippen molar-refractivity contribution in [3.05, 3.63) is 36.1 Å². The van der Waals surface area contributed by atoms with Crippen LogP contribution in [0.5, 0.6) is 5.75 Å². The normalized spacial score (nSPS) is 12.8. The molecule has 0 spiro atoms. The number of carbonyl (C=O) groups excluding carboxylic acids is 3. The summed E-state index contributed by atoms with van der Waals surface area (Å²) in [6.45, 7) is 5.79. The van der Waals surface area contributed by atoms with E-state index in [1.807, 2.05) is 13.8 Å². The zero-order valence-corrected chi connectivity index (χ0v) is 24.5. The summed E-state index contributed by atoms with van der Waals surface area (Å²) in [6.07, 6.45) is 3.45. The van der Waals surface area contributed by atoms with Crippen LogP contribution < -0.4 is 26.2 Å². The molecule has 2 atom stereocenters. The zero-order chi connectivity index (χ0) is 29.7. The molecule has 0 radical (unpaired) electrons. The van der Waals surface area contributed by atoms with Crippen molar-refractivity contribution in [3.63, 3.8) is 0 Å². The van der Waals surface area contributed by atoms with E-state index in [9.17, 15) is 18.9 Å². The Morgan fingerprint density at radius 3 is 2.30 bits per heavy atom. The van der Waals surface area contributed by atoms with Gasteiger partial charge in [0, 0.05) is 25.7 Å². The average Bonchev–Trinajstić information content (AvgIpc) is 3.47. The second-order valence-corrected chi connectivity index (χ2v) is 11.2. The Morgan fingerprint density at radius 2 is 1.70 bits per heavy atom. The molecular weight excluding hydrogens is 541 g/mol. The van der Waals surface area contributed by atoms with Gasteiger partial charge in [0.1, 0.15) is 11.5 Å². The number of furan rings is 1. The summed E-state index contributed by atoms with van der Waals surface area (Å²) in [6, 6.07) is 7.86. The summed E-state index contributed by atoms with van der Waals surface area (Å²) in [5.41, 5.74) is 2.13. The third-order valence-corrected chi connectivity index (χ3v) is 8.31. The average molecular weight is 582 g/mol. The molecule has 1 aromatic heterocycles. The van der Waals surface area contributed by atoms with Crippen LogP contribution in [0.2, 0.25) is 0 Å². The number of hydrogen-bond acceptors (Lipinski definition) is 9. The lowest BCUT2D eigenvalue weighted by molar-refractivity contribution is -0.140. The van der Waals surface area contributed by atoms with Crippen molar-refractivity contribution in [1.82, 2.24) is 16.1 Å². The smallest absolute Gasteiger partial charge is 0.360 e. The third kappa shape index (κ3) is 8.66. The molecule has 1 heterocycles. The summed E-state index contributed by atoms with van der Waals surface area (Å²) in [5, 5.41) is 14.6. The Labute approximate surface area is 234 Å². The van der Waals surface area contributed by atoms with Gasteiger partial charge in [-0.05, 0) is 50.1 Å². The van der Waals surface area contributed by atoms with Crippen molar-refractivity contribution in [3.8, 4) is 17.1 Å². The minimum absolute atomic E-state index is 0.0140. The van der Waals surface area contributed by atoms with E-state index < -0.39 is 37.2 Å². The molecule has 4 N–H and O–H groups in total. The minimum Gasteiger partial charge on any atom is -0.494 e. The topological polar surface area (TPSA) is 165 Å². The molecule has 12 nitrogen and oxygen atoms in total. The largest absolute Gasteiger partial charge is 0.494 e. The molecule has 1 aromatic carbocycles. The van der Waals surface area contributed by atoms with Crippen LogP contribution in [0.15, 0.2) is 34.7 Å². The van der Waals surface area contributed by atoms with Crippen LogP contribution in [0.4, 0.5) is 0 Å². The summed E-state index contributed by atoms with van der Waals surface area (Å²) >= 11 is 0. The number of nitrogens with one attached hydrogen (secondary N) is 3. The van der Waals surface area contributed by atoms with Gasteiger partial charge < -0.3 is 28.8 Å². The van der Waals surface area contributed by atoms with Crippen LogP contribution in [0.3, 0.4) is 0 Å². The van der Waals surface area contributed by atoms with Crippen molar-refractivity contribution >= 4 is 30.6 Å². The van der Waals surface area contributed by atoms with Gasteiger partial charge in [-0.25, -0.2) is 5.48 Å². The Kier molecular flexibility index (Phi) is 13.4. The number of ether oxygens (including phenoxy) is 1. The molecule has 2 rings (SSSR count). The van der Waals surface area contributed by atoms with Crippen LogP contribution in [0.25, 0.3) is 11.3 Å². The van der Waals surface area contributed by atoms with Crippen LogP contribution in [0.1, 0.15) is 63.4 Å². The lowest BCUT2D eigenvalue weighted by Crippen LogP contribution is -2.44. The Bertz CT molecular complexity index is 1180. The first-order chi connectivity index (χ1) is 19.2. The summed E-state index contributed by atoms with van der Waals surface area (Å²) in [5.74, 6) is -2.22.